The largest absolute Gasteiger partial charge is 0.489 e. The van der Waals surface area contributed by atoms with Crippen molar-refractivity contribution < 1.29 is 9.47 Å². The summed E-state index contributed by atoms with van der Waals surface area (Å²) in [4.78, 5) is 1.23. The minimum atomic E-state index is 0.149. The second-order valence-corrected chi connectivity index (χ2v) is 6.17. The highest BCUT2D eigenvalue weighted by Gasteiger charge is 2.15. The van der Waals surface area contributed by atoms with Crippen LogP contribution in [0.1, 0.15) is 26.7 Å². The molecule has 1 heterocycles. The van der Waals surface area contributed by atoms with Crippen LogP contribution in [0.3, 0.4) is 0 Å². The number of nitrogen functional groups attached to an aromatic ring is 1. The number of ether oxygens (including phenoxy) is 2. The molecule has 0 spiro atoms. The van der Waals surface area contributed by atoms with E-state index in [4.69, 9.17) is 15.2 Å². The van der Waals surface area contributed by atoms with Gasteiger partial charge in [0.15, 0.2) is 0 Å². The van der Waals surface area contributed by atoms with E-state index in [1.54, 1.807) is 0 Å². The number of hydrogen-bond acceptors (Lipinski definition) is 4. The molecule has 18 heavy (non-hydrogen) atoms. The summed E-state index contributed by atoms with van der Waals surface area (Å²) < 4.78 is 11.1. The monoisotopic (exact) mass is 267 g/mol. The summed E-state index contributed by atoms with van der Waals surface area (Å²) in [5, 5.41) is 0.647. The Hall–Kier alpha value is -0.870. The van der Waals surface area contributed by atoms with E-state index in [1.807, 2.05) is 31.7 Å². The van der Waals surface area contributed by atoms with Gasteiger partial charge in [0.2, 0.25) is 0 Å². The van der Waals surface area contributed by atoms with Crippen LogP contribution in [0.4, 0.5) is 5.69 Å². The van der Waals surface area contributed by atoms with Gasteiger partial charge in [-0.05, 0) is 44.9 Å². The van der Waals surface area contributed by atoms with Crippen molar-refractivity contribution in [2.75, 3.05) is 18.9 Å². The first-order chi connectivity index (χ1) is 8.65. The van der Waals surface area contributed by atoms with Crippen LogP contribution in [0.15, 0.2) is 23.1 Å². The van der Waals surface area contributed by atoms with Crippen LogP contribution in [0.2, 0.25) is 0 Å². The summed E-state index contributed by atoms with van der Waals surface area (Å²) in [5.41, 5.74) is 6.62. The van der Waals surface area contributed by atoms with Gasteiger partial charge >= 0.3 is 0 Å². The fourth-order valence-electron chi connectivity index (χ4n) is 1.93. The molecule has 2 N–H and O–H groups in total. The van der Waals surface area contributed by atoms with Gasteiger partial charge in [-0.2, -0.15) is 0 Å². The number of anilines is 1. The molecule has 1 aliphatic heterocycles. The molecule has 4 heteroatoms. The van der Waals surface area contributed by atoms with E-state index in [0.29, 0.717) is 10.9 Å². The third kappa shape index (κ3) is 3.82. The van der Waals surface area contributed by atoms with Gasteiger partial charge in [0.05, 0.1) is 11.8 Å². The lowest BCUT2D eigenvalue weighted by Gasteiger charge is -2.22. The molecule has 1 aliphatic rings. The second kappa shape index (κ2) is 6.34. The van der Waals surface area contributed by atoms with E-state index in [9.17, 15) is 0 Å². The van der Waals surface area contributed by atoms with Gasteiger partial charge in [0, 0.05) is 23.4 Å². The molecule has 1 fully saturated rings. The molecule has 1 aromatic rings. The molecule has 3 nitrogen and oxygen atoms in total. The molecular weight excluding hydrogens is 246 g/mol. The van der Waals surface area contributed by atoms with E-state index >= 15 is 0 Å². The summed E-state index contributed by atoms with van der Waals surface area (Å²) in [6.07, 6.45) is 2.39. The highest BCUT2D eigenvalue weighted by molar-refractivity contribution is 8.00. The fourth-order valence-corrected chi connectivity index (χ4v) is 3.06. The van der Waals surface area contributed by atoms with Crippen LogP contribution < -0.4 is 10.5 Å². The Bertz CT molecular complexity index is 389. The van der Waals surface area contributed by atoms with Crippen LogP contribution in [0, 0.1) is 0 Å². The molecule has 1 aromatic carbocycles. The lowest BCUT2D eigenvalue weighted by Crippen LogP contribution is -2.17. The molecule has 2 rings (SSSR count). The van der Waals surface area contributed by atoms with E-state index < -0.39 is 0 Å². The Kier molecular flexibility index (Phi) is 4.78. The lowest BCUT2D eigenvalue weighted by molar-refractivity contribution is 0.100. The summed E-state index contributed by atoms with van der Waals surface area (Å²) in [5.74, 6) is 0.794. The van der Waals surface area contributed by atoms with Crippen molar-refractivity contribution in [3.63, 3.8) is 0 Å². The van der Waals surface area contributed by atoms with Crippen LogP contribution in [-0.4, -0.2) is 24.6 Å². The first kappa shape index (κ1) is 13.6. The van der Waals surface area contributed by atoms with E-state index in [1.165, 1.54) is 4.90 Å². The van der Waals surface area contributed by atoms with Gasteiger partial charge in [-0.1, -0.05) is 0 Å². The van der Waals surface area contributed by atoms with Crippen molar-refractivity contribution in [2.24, 2.45) is 0 Å². The maximum absolute atomic E-state index is 5.92. The Morgan fingerprint density at radius 2 is 2.06 bits per heavy atom. The van der Waals surface area contributed by atoms with Crippen LogP contribution in [0.25, 0.3) is 0 Å². The molecule has 100 valence electrons. The zero-order chi connectivity index (χ0) is 13.0. The Labute approximate surface area is 113 Å². The maximum Gasteiger partial charge on any atom is 0.143 e. The van der Waals surface area contributed by atoms with Gasteiger partial charge in [0.25, 0.3) is 0 Å². The van der Waals surface area contributed by atoms with Crippen molar-refractivity contribution in [1.82, 2.24) is 0 Å². The van der Waals surface area contributed by atoms with Crippen molar-refractivity contribution in [1.29, 1.82) is 0 Å². The van der Waals surface area contributed by atoms with Crippen molar-refractivity contribution in [2.45, 2.75) is 42.9 Å². The average molecular weight is 267 g/mol. The molecule has 0 radical (unpaired) electrons. The van der Waals surface area contributed by atoms with Crippen LogP contribution in [-0.2, 0) is 4.74 Å². The third-order valence-corrected chi connectivity index (χ3v) is 4.15. The van der Waals surface area contributed by atoms with Gasteiger partial charge in [0.1, 0.15) is 5.75 Å². The molecule has 0 aromatic heterocycles. The first-order valence-electron chi connectivity index (χ1n) is 6.45. The predicted molar refractivity (Wildman–Crippen MR) is 76.3 cm³/mol. The molecule has 0 unspecified atom stereocenters. The molecule has 0 bridgehead atoms. The Morgan fingerprint density at radius 3 is 2.72 bits per heavy atom. The summed E-state index contributed by atoms with van der Waals surface area (Å²) in [6, 6.07) is 6.05. The molecular formula is C14H21NO2S. The maximum atomic E-state index is 5.92. The van der Waals surface area contributed by atoms with E-state index in [2.05, 4.69) is 12.1 Å². The summed E-state index contributed by atoms with van der Waals surface area (Å²) >= 11 is 1.90. The van der Waals surface area contributed by atoms with Gasteiger partial charge in [-0.25, -0.2) is 0 Å². The molecule has 0 aliphatic carbocycles. The average Bonchev–Trinajstić information content (AvgIpc) is 2.34. The zero-order valence-electron chi connectivity index (χ0n) is 11.0. The van der Waals surface area contributed by atoms with Gasteiger partial charge < -0.3 is 15.2 Å². The molecule has 1 saturated heterocycles. The van der Waals surface area contributed by atoms with Crippen molar-refractivity contribution >= 4 is 17.4 Å². The number of benzene rings is 1. The first-order valence-corrected chi connectivity index (χ1v) is 7.33. The quantitative estimate of drug-likeness (QED) is 0.850. The smallest absolute Gasteiger partial charge is 0.143 e. The van der Waals surface area contributed by atoms with Gasteiger partial charge in [-0.15, -0.1) is 11.8 Å². The van der Waals surface area contributed by atoms with E-state index in [0.717, 1.165) is 31.8 Å². The minimum Gasteiger partial charge on any atom is -0.489 e. The Morgan fingerprint density at radius 1 is 1.33 bits per heavy atom. The minimum absolute atomic E-state index is 0.149. The summed E-state index contributed by atoms with van der Waals surface area (Å²) in [7, 11) is 0. The summed E-state index contributed by atoms with van der Waals surface area (Å²) in [6.45, 7) is 5.78. The SMILES string of the molecule is CC(C)Oc1cc(SC2CCOCC2)ccc1N. The van der Waals surface area contributed by atoms with Crippen LogP contribution >= 0.6 is 11.8 Å². The number of hydrogen-bond donors (Lipinski definition) is 1. The topological polar surface area (TPSA) is 44.5 Å². The lowest BCUT2D eigenvalue weighted by atomic mass is 10.2. The normalized spacial score (nSPS) is 17.1. The number of thioether (sulfide) groups is 1. The predicted octanol–water partition coefficient (Wildman–Crippen LogP) is 3.33. The number of nitrogens with two attached hydrogens (primary N) is 1. The fraction of sp³-hybridized carbons (Fsp3) is 0.571. The molecule has 0 atom stereocenters. The van der Waals surface area contributed by atoms with Crippen molar-refractivity contribution in [3.8, 4) is 5.75 Å². The van der Waals surface area contributed by atoms with E-state index in [-0.39, 0.29) is 6.10 Å². The third-order valence-electron chi connectivity index (χ3n) is 2.82. The highest BCUT2D eigenvalue weighted by atomic mass is 32.2. The Balaban J connectivity index is 2.03. The molecule has 0 saturated carbocycles. The number of rotatable bonds is 4. The van der Waals surface area contributed by atoms with Crippen molar-refractivity contribution in [3.05, 3.63) is 18.2 Å². The van der Waals surface area contributed by atoms with Crippen LogP contribution in [0.5, 0.6) is 5.75 Å². The highest BCUT2D eigenvalue weighted by Crippen LogP contribution is 2.34. The molecule has 0 amide bonds. The second-order valence-electron chi connectivity index (χ2n) is 4.80. The standard InChI is InChI=1S/C14H21NO2S/c1-10(2)17-14-9-12(3-4-13(14)15)18-11-5-7-16-8-6-11/h3-4,9-11H,5-8,15H2,1-2H3. The van der Waals surface area contributed by atoms with Gasteiger partial charge in [-0.3, -0.25) is 0 Å². The zero-order valence-corrected chi connectivity index (χ0v) is 11.8.